The molecule has 0 unspecified atom stereocenters. The molecule has 0 radical (unpaired) electrons. The first kappa shape index (κ1) is 15.4. The number of nitrogens with one attached hydrogen (secondary N) is 1. The quantitative estimate of drug-likeness (QED) is 0.824. The second kappa shape index (κ2) is 6.63. The van der Waals surface area contributed by atoms with Gasteiger partial charge in [0.1, 0.15) is 5.75 Å². The lowest BCUT2D eigenvalue weighted by molar-refractivity contribution is -0.137. The summed E-state index contributed by atoms with van der Waals surface area (Å²) in [4.78, 5) is 0. The largest absolute Gasteiger partial charge is 0.508 e. The molecule has 0 heterocycles. The smallest absolute Gasteiger partial charge is 0.416 e. The van der Waals surface area contributed by atoms with E-state index in [0.29, 0.717) is 13.1 Å². The van der Waals surface area contributed by atoms with E-state index in [-0.39, 0.29) is 5.75 Å². The zero-order chi connectivity index (χ0) is 15.3. The highest BCUT2D eigenvalue weighted by Gasteiger charge is 2.29. The number of benzene rings is 2. The van der Waals surface area contributed by atoms with Crippen LogP contribution in [0.15, 0.2) is 48.5 Å². The van der Waals surface area contributed by atoms with Crippen LogP contribution in [-0.4, -0.2) is 11.7 Å². The highest BCUT2D eigenvalue weighted by Crippen LogP contribution is 2.29. The van der Waals surface area contributed by atoms with Gasteiger partial charge in [-0.15, -0.1) is 0 Å². The summed E-state index contributed by atoms with van der Waals surface area (Å²) in [5.74, 6) is 0.233. The second-order valence-corrected chi connectivity index (χ2v) is 4.79. The van der Waals surface area contributed by atoms with Crippen LogP contribution in [0.4, 0.5) is 13.2 Å². The van der Waals surface area contributed by atoms with Crippen LogP contribution in [0.5, 0.6) is 5.75 Å². The normalized spacial score (nSPS) is 11.6. The van der Waals surface area contributed by atoms with Crippen LogP contribution in [0, 0.1) is 0 Å². The average molecular weight is 295 g/mol. The average Bonchev–Trinajstić information content (AvgIpc) is 2.45. The van der Waals surface area contributed by atoms with Crippen molar-refractivity contribution < 1.29 is 18.3 Å². The van der Waals surface area contributed by atoms with Crippen LogP contribution >= 0.6 is 0 Å². The highest BCUT2D eigenvalue weighted by molar-refractivity contribution is 5.26. The summed E-state index contributed by atoms with van der Waals surface area (Å²) >= 11 is 0. The van der Waals surface area contributed by atoms with Gasteiger partial charge in [-0.1, -0.05) is 24.3 Å². The number of alkyl halides is 3. The molecule has 2 aromatic rings. The van der Waals surface area contributed by atoms with Crippen molar-refractivity contribution in [2.24, 2.45) is 0 Å². The van der Waals surface area contributed by atoms with Crippen LogP contribution in [0.3, 0.4) is 0 Å². The standard InChI is InChI=1S/C16H16F3NO/c17-16(18,19)14-5-1-13(2-6-14)11-20-10-9-12-3-7-15(21)8-4-12/h1-8,20-21H,9-11H2. The summed E-state index contributed by atoms with van der Waals surface area (Å²) in [5.41, 5.74) is 1.27. The Balaban J connectivity index is 1.77. The fourth-order valence-corrected chi connectivity index (χ4v) is 1.94. The van der Waals surface area contributed by atoms with E-state index >= 15 is 0 Å². The first-order valence-corrected chi connectivity index (χ1v) is 6.60. The molecule has 2 N–H and O–H groups in total. The van der Waals surface area contributed by atoms with E-state index in [4.69, 9.17) is 5.11 Å². The van der Waals surface area contributed by atoms with E-state index in [1.54, 1.807) is 12.1 Å². The number of rotatable bonds is 5. The van der Waals surface area contributed by atoms with E-state index in [2.05, 4.69) is 5.32 Å². The minimum atomic E-state index is -4.29. The summed E-state index contributed by atoms with van der Waals surface area (Å²) in [5, 5.41) is 12.3. The minimum absolute atomic E-state index is 0.233. The van der Waals surface area contributed by atoms with Gasteiger partial charge in [-0.25, -0.2) is 0 Å². The zero-order valence-electron chi connectivity index (χ0n) is 11.3. The zero-order valence-corrected chi connectivity index (χ0v) is 11.3. The second-order valence-electron chi connectivity index (χ2n) is 4.79. The first-order valence-electron chi connectivity index (χ1n) is 6.60. The maximum absolute atomic E-state index is 12.4. The van der Waals surface area contributed by atoms with Crippen molar-refractivity contribution >= 4 is 0 Å². The van der Waals surface area contributed by atoms with Crippen molar-refractivity contribution in [2.45, 2.75) is 19.1 Å². The molecule has 0 aliphatic heterocycles. The molecule has 2 rings (SSSR count). The Morgan fingerprint density at radius 2 is 1.43 bits per heavy atom. The molecule has 0 saturated heterocycles. The van der Waals surface area contributed by atoms with Crippen LogP contribution in [0.2, 0.25) is 0 Å². The number of halogens is 3. The van der Waals surface area contributed by atoms with Crippen molar-refractivity contribution in [3.63, 3.8) is 0 Å². The van der Waals surface area contributed by atoms with Crippen molar-refractivity contribution in [3.8, 4) is 5.75 Å². The lowest BCUT2D eigenvalue weighted by atomic mass is 10.1. The third-order valence-corrected chi connectivity index (χ3v) is 3.14. The van der Waals surface area contributed by atoms with Crippen molar-refractivity contribution in [2.75, 3.05) is 6.54 Å². The van der Waals surface area contributed by atoms with Gasteiger partial charge in [-0.2, -0.15) is 13.2 Å². The molecule has 0 aliphatic carbocycles. The summed E-state index contributed by atoms with van der Waals surface area (Å²) in [6.45, 7) is 1.24. The SMILES string of the molecule is Oc1ccc(CCNCc2ccc(C(F)(F)F)cc2)cc1. The molecule has 2 nitrogen and oxygen atoms in total. The Morgan fingerprint density at radius 3 is 2.00 bits per heavy atom. The lowest BCUT2D eigenvalue weighted by Gasteiger charge is -2.08. The monoisotopic (exact) mass is 295 g/mol. The van der Waals surface area contributed by atoms with Gasteiger partial charge in [0.25, 0.3) is 0 Å². The van der Waals surface area contributed by atoms with Crippen molar-refractivity contribution in [1.82, 2.24) is 5.32 Å². The molecule has 0 fully saturated rings. The molecule has 0 atom stereocenters. The molecule has 0 amide bonds. The number of phenols is 1. The number of hydrogen-bond acceptors (Lipinski definition) is 2. The number of aromatic hydroxyl groups is 1. The van der Waals surface area contributed by atoms with E-state index in [1.165, 1.54) is 12.1 Å². The van der Waals surface area contributed by atoms with Gasteiger partial charge < -0.3 is 10.4 Å². The molecular weight excluding hydrogens is 279 g/mol. The molecule has 112 valence electrons. The molecule has 0 spiro atoms. The molecule has 5 heteroatoms. The van der Waals surface area contributed by atoms with Gasteiger partial charge in [0.2, 0.25) is 0 Å². The van der Waals surface area contributed by atoms with E-state index in [1.807, 2.05) is 12.1 Å². The van der Waals surface area contributed by atoms with Gasteiger partial charge in [-0.3, -0.25) is 0 Å². The molecule has 21 heavy (non-hydrogen) atoms. The fraction of sp³-hybridized carbons (Fsp3) is 0.250. The van der Waals surface area contributed by atoms with Gasteiger partial charge in [-0.05, 0) is 48.4 Å². The number of hydrogen-bond donors (Lipinski definition) is 2. The van der Waals surface area contributed by atoms with Crippen LogP contribution in [0.25, 0.3) is 0 Å². The molecule has 0 aromatic heterocycles. The van der Waals surface area contributed by atoms with Crippen molar-refractivity contribution in [3.05, 3.63) is 65.2 Å². The molecule has 0 saturated carbocycles. The number of phenolic OH excluding ortho intramolecular Hbond substituents is 1. The Kier molecular flexibility index (Phi) is 4.85. The maximum atomic E-state index is 12.4. The minimum Gasteiger partial charge on any atom is -0.508 e. The maximum Gasteiger partial charge on any atom is 0.416 e. The third kappa shape index (κ3) is 4.79. The predicted octanol–water partition coefficient (Wildman–Crippen LogP) is 3.74. The summed E-state index contributed by atoms with van der Waals surface area (Å²) < 4.78 is 37.2. The molecular formula is C16H16F3NO. The van der Waals surface area contributed by atoms with E-state index < -0.39 is 11.7 Å². The van der Waals surface area contributed by atoms with Gasteiger partial charge in [0, 0.05) is 6.54 Å². The summed E-state index contributed by atoms with van der Waals surface area (Å²) in [6.07, 6.45) is -3.49. The van der Waals surface area contributed by atoms with Crippen LogP contribution in [-0.2, 0) is 19.1 Å². The fourth-order valence-electron chi connectivity index (χ4n) is 1.94. The Morgan fingerprint density at radius 1 is 0.857 bits per heavy atom. The topological polar surface area (TPSA) is 32.3 Å². The van der Waals surface area contributed by atoms with Crippen LogP contribution in [0.1, 0.15) is 16.7 Å². The summed E-state index contributed by atoms with van der Waals surface area (Å²) in [7, 11) is 0. The van der Waals surface area contributed by atoms with Gasteiger partial charge in [0.15, 0.2) is 0 Å². The van der Waals surface area contributed by atoms with E-state index in [0.717, 1.165) is 29.7 Å². The predicted molar refractivity (Wildman–Crippen MR) is 75.0 cm³/mol. The molecule has 2 aromatic carbocycles. The first-order chi connectivity index (χ1) is 9.95. The molecule has 0 bridgehead atoms. The van der Waals surface area contributed by atoms with E-state index in [9.17, 15) is 13.2 Å². The Bertz CT molecular complexity index is 562. The molecule has 0 aliphatic rings. The van der Waals surface area contributed by atoms with Gasteiger partial charge in [0.05, 0.1) is 5.56 Å². The van der Waals surface area contributed by atoms with Crippen LogP contribution < -0.4 is 5.32 Å². The van der Waals surface area contributed by atoms with Gasteiger partial charge >= 0.3 is 6.18 Å². The Hall–Kier alpha value is -2.01. The van der Waals surface area contributed by atoms with Crippen molar-refractivity contribution in [1.29, 1.82) is 0 Å². The summed E-state index contributed by atoms with van der Waals surface area (Å²) in [6, 6.07) is 12.1. The Labute approximate surface area is 121 Å². The highest BCUT2D eigenvalue weighted by atomic mass is 19.4. The lowest BCUT2D eigenvalue weighted by Crippen LogP contribution is -2.16. The third-order valence-electron chi connectivity index (χ3n) is 3.14.